The Bertz CT molecular complexity index is 216. The van der Waals surface area contributed by atoms with Crippen molar-refractivity contribution in [2.75, 3.05) is 0 Å². The quantitative estimate of drug-likeness (QED) is 0.554. The van der Waals surface area contributed by atoms with Gasteiger partial charge in [-0.15, -0.1) is 0 Å². The van der Waals surface area contributed by atoms with Gasteiger partial charge >= 0.3 is 0 Å². The van der Waals surface area contributed by atoms with E-state index in [-0.39, 0.29) is 0 Å². The van der Waals surface area contributed by atoms with Crippen LogP contribution in [0.3, 0.4) is 0 Å². The van der Waals surface area contributed by atoms with Crippen LogP contribution in [-0.2, 0) is 4.79 Å². The van der Waals surface area contributed by atoms with E-state index in [0.717, 1.165) is 0 Å². The smallest absolute Gasteiger partial charge is 0.211 e. The van der Waals surface area contributed by atoms with Crippen LogP contribution >= 0.6 is 0 Å². The summed E-state index contributed by atoms with van der Waals surface area (Å²) in [6.45, 7) is 0. The Morgan fingerprint density at radius 2 is 2.60 bits per heavy atom. The lowest BCUT2D eigenvalue weighted by atomic mass is 10.6. The van der Waals surface area contributed by atoms with Crippen molar-refractivity contribution in [2.45, 2.75) is 0 Å². The molecular formula is C5H6N4O. The largest absolute Gasteiger partial charge is 0.335 e. The van der Waals surface area contributed by atoms with Crippen molar-refractivity contribution < 1.29 is 4.79 Å². The molecule has 0 saturated carbocycles. The van der Waals surface area contributed by atoms with Crippen molar-refractivity contribution in [1.29, 1.82) is 0 Å². The molecule has 0 aliphatic carbocycles. The van der Waals surface area contributed by atoms with Crippen molar-refractivity contribution in [3.63, 3.8) is 0 Å². The van der Waals surface area contributed by atoms with Crippen molar-refractivity contribution in [3.8, 4) is 0 Å². The third-order valence-electron chi connectivity index (χ3n) is 0.839. The monoisotopic (exact) mass is 138 g/mol. The van der Waals surface area contributed by atoms with Gasteiger partial charge in [0, 0.05) is 6.20 Å². The van der Waals surface area contributed by atoms with Gasteiger partial charge < -0.3 is 5.32 Å². The first-order chi connectivity index (χ1) is 4.93. The number of rotatable bonds is 3. The van der Waals surface area contributed by atoms with Gasteiger partial charge in [-0.05, 0) is 6.08 Å². The summed E-state index contributed by atoms with van der Waals surface area (Å²) in [5.41, 5.74) is 0. The summed E-state index contributed by atoms with van der Waals surface area (Å²) in [4.78, 5) is 13.5. The summed E-state index contributed by atoms with van der Waals surface area (Å²) in [7, 11) is 0. The first kappa shape index (κ1) is 6.47. The van der Waals surface area contributed by atoms with Gasteiger partial charge in [0.15, 0.2) is 0 Å². The van der Waals surface area contributed by atoms with E-state index in [9.17, 15) is 4.79 Å². The highest BCUT2D eigenvalue weighted by molar-refractivity contribution is 5.51. The zero-order valence-corrected chi connectivity index (χ0v) is 5.11. The summed E-state index contributed by atoms with van der Waals surface area (Å²) in [5.74, 6) is 0.606. The van der Waals surface area contributed by atoms with E-state index in [4.69, 9.17) is 0 Å². The van der Waals surface area contributed by atoms with Crippen LogP contribution in [0, 0.1) is 0 Å². The molecule has 0 radical (unpaired) electrons. The molecule has 0 aliphatic rings. The number of aromatic nitrogens is 3. The number of amides is 1. The molecule has 0 spiro atoms. The fourth-order valence-electron chi connectivity index (χ4n) is 0.462. The predicted molar refractivity (Wildman–Crippen MR) is 34.6 cm³/mol. The molecule has 0 unspecified atom stereocenters. The van der Waals surface area contributed by atoms with Crippen LogP contribution in [0.15, 0.2) is 12.5 Å². The van der Waals surface area contributed by atoms with Gasteiger partial charge in [0.05, 0.1) is 0 Å². The number of H-pyrrole nitrogens is 1. The van der Waals surface area contributed by atoms with Crippen molar-refractivity contribution >= 4 is 12.5 Å². The normalized spacial score (nSPS) is 10.0. The standard InChI is InChI=1S/C5H6N4O/c10-4-6-2-1-5-7-3-8-9-5/h1-4H,(H,6,10)(H,7,8,9)/b2-1-. The number of aromatic amines is 1. The second-order valence-corrected chi connectivity index (χ2v) is 1.49. The molecule has 0 aliphatic heterocycles. The highest BCUT2D eigenvalue weighted by atomic mass is 16.1. The molecule has 0 bridgehead atoms. The average Bonchev–Trinajstić information content (AvgIpc) is 2.41. The molecule has 1 aromatic rings. The number of nitrogens with one attached hydrogen (secondary N) is 2. The second-order valence-electron chi connectivity index (χ2n) is 1.49. The van der Waals surface area contributed by atoms with Gasteiger partial charge in [-0.2, -0.15) is 5.10 Å². The second kappa shape index (κ2) is 3.39. The topological polar surface area (TPSA) is 70.7 Å². The van der Waals surface area contributed by atoms with Crippen LogP contribution in [0.4, 0.5) is 0 Å². The summed E-state index contributed by atoms with van der Waals surface area (Å²) in [6.07, 6.45) is 5.03. The maximum Gasteiger partial charge on any atom is 0.211 e. The van der Waals surface area contributed by atoms with Crippen LogP contribution in [0.2, 0.25) is 0 Å². The number of hydrogen-bond acceptors (Lipinski definition) is 3. The van der Waals surface area contributed by atoms with Crippen molar-refractivity contribution in [2.24, 2.45) is 0 Å². The molecule has 52 valence electrons. The minimum absolute atomic E-state index is 0.576. The van der Waals surface area contributed by atoms with Crippen LogP contribution in [-0.4, -0.2) is 21.6 Å². The molecule has 1 aromatic heterocycles. The number of nitrogens with zero attached hydrogens (tertiary/aromatic N) is 2. The number of hydrogen-bond donors (Lipinski definition) is 2. The van der Waals surface area contributed by atoms with Crippen LogP contribution < -0.4 is 5.32 Å². The third kappa shape index (κ3) is 1.70. The summed E-state index contributed by atoms with van der Waals surface area (Å²) >= 11 is 0. The first-order valence-corrected chi connectivity index (χ1v) is 2.65. The predicted octanol–water partition coefficient (Wildman–Crippen LogP) is -0.479. The Hall–Kier alpha value is -1.65. The molecule has 0 saturated heterocycles. The van der Waals surface area contributed by atoms with E-state index in [0.29, 0.717) is 12.2 Å². The Morgan fingerprint density at radius 3 is 3.20 bits per heavy atom. The minimum atomic E-state index is 0.576. The lowest BCUT2D eigenvalue weighted by Crippen LogP contribution is -1.98. The van der Waals surface area contributed by atoms with E-state index in [1.165, 1.54) is 12.5 Å². The van der Waals surface area contributed by atoms with Gasteiger partial charge in [-0.1, -0.05) is 0 Å². The number of carbonyl (C=O) groups excluding carboxylic acids is 1. The molecular weight excluding hydrogens is 132 g/mol. The zero-order chi connectivity index (χ0) is 7.23. The average molecular weight is 138 g/mol. The summed E-state index contributed by atoms with van der Waals surface area (Å²) in [5, 5.41) is 8.53. The van der Waals surface area contributed by atoms with Gasteiger partial charge in [0.2, 0.25) is 6.41 Å². The Labute approximate surface area is 57.2 Å². The van der Waals surface area contributed by atoms with E-state index in [2.05, 4.69) is 20.5 Å². The lowest BCUT2D eigenvalue weighted by molar-refractivity contribution is -0.108. The molecule has 5 heteroatoms. The molecule has 1 heterocycles. The van der Waals surface area contributed by atoms with E-state index in [1.807, 2.05) is 0 Å². The molecule has 0 aromatic carbocycles. The summed E-state index contributed by atoms with van der Waals surface area (Å²) < 4.78 is 0. The zero-order valence-electron chi connectivity index (χ0n) is 5.11. The van der Waals surface area contributed by atoms with Gasteiger partial charge in [-0.25, -0.2) is 4.98 Å². The summed E-state index contributed by atoms with van der Waals surface area (Å²) in [6, 6.07) is 0. The molecule has 1 rings (SSSR count). The molecule has 5 nitrogen and oxygen atoms in total. The first-order valence-electron chi connectivity index (χ1n) is 2.65. The highest BCUT2D eigenvalue weighted by Crippen LogP contribution is 1.85. The fourth-order valence-corrected chi connectivity index (χ4v) is 0.462. The fraction of sp³-hybridized carbons (Fsp3) is 0. The van der Waals surface area contributed by atoms with Gasteiger partial charge in [-0.3, -0.25) is 9.89 Å². The maximum atomic E-state index is 9.72. The molecule has 1 amide bonds. The van der Waals surface area contributed by atoms with E-state index in [1.54, 1.807) is 6.08 Å². The van der Waals surface area contributed by atoms with E-state index >= 15 is 0 Å². The van der Waals surface area contributed by atoms with Crippen LogP contribution in [0.5, 0.6) is 0 Å². The Balaban J connectivity index is 2.47. The molecule has 10 heavy (non-hydrogen) atoms. The molecule has 0 atom stereocenters. The van der Waals surface area contributed by atoms with Crippen LogP contribution in [0.25, 0.3) is 6.08 Å². The van der Waals surface area contributed by atoms with Crippen molar-refractivity contribution in [1.82, 2.24) is 20.5 Å². The maximum absolute atomic E-state index is 9.72. The lowest BCUT2D eigenvalue weighted by Gasteiger charge is -1.81. The molecule has 2 N–H and O–H groups in total. The van der Waals surface area contributed by atoms with Crippen molar-refractivity contribution in [3.05, 3.63) is 18.4 Å². The van der Waals surface area contributed by atoms with Gasteiger partial charge in [0.25, 0.3) is 0 Å². The number of carbonyl (C=O) groups is 1. The molecule has 0 fully saturated rings. The Kier molecular flexibility index (Phi) is 2.19. The van der Waals surface area contributed by atoms with Crippen LogP contribution in [0.1, 0.15) is 5.82 Å². The van der Waals surface area contributed by atoms with E-state index < -0.39 is 0 Å². The highest BCUT2D eigenvalue weighted by Gasteiger charge is 1.83. The van der Waals surface area contributed by atoms with Gasteiger partial charge in [0.1, 0.15) is 12.2 Å². The minimum Gasteiger partial charge on any atom is -0.335 e. The Morgan fingerprint density at radius 1 is 1.70 bits per heavy atom. The third-order valence-corrected chi connectivity index (χ3v) is 0.839. The SMILES string of the molecule is O=CN/C=C\c1ncn[nH]1.